The van der Waals surface area contributed by atoms with Gasteiger partial charge in [-0.15, -0.1) is 0 Å². The van der Waals surface area contributed by atoms with Crippen LogP contribution < -0.4 is 5.32 Å². The predicted octanol–water partition coefficient (Wildman–Crippen LogP) is 2.69. The van der Waals surface area contributed by atoms with Crippen molar-refractivity contribution in [1.82, 2.24) is 5.32 Å². The van der Waals surface area contributed by atoms with Crippen LogP contribution >= 0.6 is 0 Å². The molecule has 1 fully saturated rings. The first kappa shape index (κ1) is 14.9. The maximum absolute atomic E-state index is 13.1. The quantitative estimate of drug-likeness (QED) is 0.684. The molecule has 1 aliphatic rings. The highest BCUT2D eigenvalue weighted by molar-refractivity contribution is 5.98. The lowest BCUT2D eigenvalue weighted by atomic mass is 9.82. The minimum Gasteiger partial charge on any atom is -0.333 e. The number of amides is 1. The second-order valence-electron chi connectivity index (χ2n) is 5.13. The molecule has 110 valence electrons. The molecular weight excluding hydrogens is 277 g/mol. The summed E-state index contributed by atoms with van der Waals surface area (Å²) in [6, 6.07) is 4.86. The van der Waals surface area contributed by atoms with Crippen LogP contribution in [0.15, 0.2) is 18.2 Å². The zero-order valence-electron chi connectivity index (χ0n) is 11.3. The van der Waals surface area contributed by atoms with Crippen LogP contribution in [-0.2, 0) is 0 Å². The molecule has 0 bridgehead atoms. The minimum absolute atomic E-state index is 0.235. The molecule has 0 heterocycles. The molecule has 0 saturated heterocycles. The molecular formula is C14H14FN3O3. The van der Waals surface area contributed by atoms with E-state index in [2.05, 4.69) is 11.4 Å². The van der Waals surface area contributed by atoms with Crippen LogP contribution in [0.2, 0.25) is 0 Å². The normalized spacial score (nSPS) is 16.8. The van der Waals surface area contributed by atoms with Gasteiger partial charge in [0.1, 0.15) is 16.9 Å². The van der Waals surface area contributed by atoms with E-state index in [9.17, 15) is 24.6 Å². The minimum atomic E-state index is -0.989. The van der Waals surface area contributed by atoms with E-state index in [1.807, 2.05) is 0 Å². The average molecular weight is 291 g/mol. The highest BCUT2D eigenvalue weighted by Gasteiger charge is 2.35. The van der Waals surface area contributed by atoms with Crippen LogP contribution in [0, 0.1) is 27.3 Å². The van der Waals surface area contributed by atoms with Gasteiger partial charge in [0, 0.05) is 0 Å². The highest BCUT2D eigenvalue weighted by Crippen LogP contribution is 2.29. The fraction of sp³-hybridized carbons (Fsp3) is 0.429. The molecule has 1 saturated carbocycles. The standard InChI is InChI=1S/C14H14FN3O3/c15-10-4-5-11(12(8-10)18(20)21)13(19)17-14(9-16)6-2-1-3-7-14/h4-5,8H,1-3,6-7H2,(H,17,19). The van der Waals surface area contributed by atoms with Gasteiger partial charge in [0.25, 0.3) is 11.6 Å². The lowest BCUT2D eigenvalue weighted by molar-refractivity contribution is -0.385. The second-order valence-corrected chi connectivity index (χ2v) is 5.13. The van der Waals surface area contributed by atoms with E-state index in [1.165, 1.54) is 0 Å². The summed E-state index contributed by atoms with van der Waals surface area (Å²) in [5.74, 6) is -1.50. The van der Waals surface area contributed by atoms with Crippen molar-refractivity contribution in [2.45, 2.75) is 37.6 Å². The summed E-state index contributed by atoms with van der Waals surface area (Å²) in [6.07, 6.45) is 3.67. The van der Waals surface area contributed by atoms with E-state index in [4.69, 9.17) is 0 Å². The van der Waals surface area contributed by atoms with Gasteiger partial charge >= 0.3 is 0 Å². The molecule has 0 atom stereocenters. The Labute approximate surface area is 120 Å². The highest BCUT2D eigenvalue weighted by atomic mass is 19.1. The maximum atomic E-state index is 13.1. The topological polar surface area (TPSA) is 96.0 Å². The molecule has 2 rings (SSSR count). The third-order valence-electron chi connectivity index (χ3n) is 3.68. The van der Waals surface area contributed by atoms with Crippen LogP contribution in [0.25, 0.3) is 0 Å². The van der Waals surface area contributed by atoms with Crippen LogP contribution in [-0.4, -0.2) is 16.4 Å². The molecule has 1 aromatic carbocycles. The van der Waals surface area contributed by atoms with Crippen molar-refractivity contribution in [2.75, 3.05) is 0 Å². The van der Waals surface area contributed by atoms with Gasteiger partial charge < -0.3 is 5.32 Å². The Balaban J connectivity index is 2.28. The molecule has 21 heavy (non-hydrogen) atoms. The molecule has 6 nitrogen and oxygen atoms in total. The molecule has 1 amide bonds. The van der Waals surface area contributed by atoms with Crippen LogP contribution in [0.4, 0.5) is 10.1 Å². The molecule has 0 aliphatic heterocycles. The van der Waals surface area contributed by atoms with E-state index in [-0.39, 0.29) is 5.56 Å². The average Bonchev–Trinajstić information content (AvgIpc) is 2.47. The third kappa shape index (κ3) is 3.16. The number of nitrogens with zero attached hydrogens (tertiary/aromatic N) is 2. The predicted molar refractivity (Wildman–Crippen MR) is 71.9 cm³/mol. The Hall–Kier alpha value is -2.49. The zero-order chi connectivity index (χ0) is 15.5. The Morgan fingerprint density at radius 3 is 2.62 bits per heavy atom. The summed E-state index contributed by atoms with van der Waals surface area (Å²) >= 11 is 0. The Morgan fingerprint density at radius 1 is 1.38 bits per heavy atom. The first-order chi connectivity index (χ1) is 9.97. The van der Waals surface area contributed by atoms with Crippen LogP contribution in [0.3, 0.4) is 0 Å². The molecule has 0 radical (unpaired) electrons. The molecule has 0 spiro atoms. The SMILES string of the molecule is N#CC1(NC(=O)c2ccc(F)cc2[N+](=O)[O-])CCCCC1. The van der Waals surface area contributed by atoms with E-state index < -0.39 is 27.9 Å². The van der Waals surface area contributed by atoms with E-state index in [1.54, 1.807) is 0 Å². The lowest BCUT2D eigenvalue weighted by Crippen LogP contribution is -2.48. The molecule has 1 aliphatic carbocycles. The van der Waals surface area contributed by atoms with Crippen molar-refractivity contribution in [2.24, 2.45) is 0 Å². The van der Waals surface area contributed by atoms with Crippen molar-refractivity contribution >= 4 is 11.6 Å². The summed E-state index contributed by atoms with van der Waals surface area (Å²) in [6.45, 7) is 0. The van der Waals surface area contributed by atoms with Gasteiger partial charge in [-0.05, 0) is 25.0 Å². The van der Waals surface area contributed by atoms with E-state index in [0.29, 0.717) is 18.9 Å². The maximum Gasteiger partial charge on any atom is 0.285 e. The van der Waals surface area contributed by atoms with E-state index in [0.717, 1.165) is 31.4 Å². The summed E-state index contributed by atoms with van der Waals surface area (Å²) in [5, 5.41) is 22.8. The largest absolute Gasteiger partial charge is 0.333 e. The Kier molecular flexibility index (Phi) is 4.17. The first-order valence-electron chi connectivity index (χ1n) is 6.65. The number of carbonyl (C=O) groups is 1. The van der Waals surface area contributed by atoms with Gasteiger partial charge in [-0.3, -0.25) is 14.9 Å². The molecule has 7 heteroatoms. The van der Waals surface area contributed by atoms with Gasteiger partial charge in [0.05, 0.1) is 17.1 Å². The molecule has 1 aromatic rings. The lowest BCUT2D eigenvalue weighted by Gasteiger charge is -2.31. The summed E-state index contributed by atoms with van der Waals surface area (Å²) in [4.78, 5) is 22.3. The van der Waals surface area contributed by atoms with Crippen molar-refractivity contribution in [1.29, 1.82) is 5.26 Å². The number of rotatable bonds is 3. The smallest absolute Gasteiger partial charge is 0.285 e. The number of nitrogens with one attached hydrogen (secondary N) is 1. The van der Waals surface area contributed by atoms with Crippen molar-refractivity contribution in [3.63, 3.8) is 0 Å². The number of nitro groups is 1. The zero-order valence-corrected chi connectivity index (χ0v) is 11.3. The number of benzene rings is 1. The van der Waals surface area contributed by atoms with Gasteiger partial charge in [-0.25, -0.2) is 4.39 Å². The summed E-state index contributed by atoms with van der Waals surface area (Å²) in [7, 11) is 0. The molecule has 1 N–H and O–H groups in total. The number of halogens is 1. The summed E-state index contributed by atoms with van der Waals surface area (Å²) in [5.41, 5.74) is -1.82. The van der Waals surface area contributed by atoms with Gasteiger partial charge in [-0.2, -0.15) is 5.26 Å². The number of nitro benzene ring substituents is 1. The van der Waals surface area contributed by atoms with Crippen molar-refractivity contribution in [3.8, 4) is 6.07 Å². The monoisotopic (exact) mass is 291 g/mol. The van der Waals surface area contributed by atoms with Gasteiger partial charge in [-0.1, -0.05) is 19.3 Å². The fourth-order valence-corrected chi connectivity index (χ4v) is 2.55. The van der Waals surface area contributed by atoms with E-state index >= 15 is 0 Å². The summed E-state index contributed by atoms with van der Waals surface area (Å²) < 4.78 is 13.1. The Morgan fingerprint density at radius 2 is 2.05 bits per heavy atom. The van der Waals surface area contributed by atoms with Crippen LogP contribution in [0.1, 0.15) is 42.5 Å². The number of hydrogen-bond donors (Lipinski definition) is 1. The van der Waals surface area contributed by atoms with Crippen LogP contribution in [0.5, 0.6) is 0 Å². The number of hydrogen-bond acceptors (Lipinski definition) is 4. The molecule has 0 aromatic heterocycles. The Bertz CT molecular complexity index is 618. The number of carbonyl (C=O) groups excluding carboxylic acids is 1. The first-order valence-corrected chi connectivity index (χ1v) is 6.65. The third-order valence-corrected chi connectivity index (χ3v) is 3.68. The number of nitriles is 1. The molecule has 0 unspecified atom stereocenters. The van der Waals surface area contributed by atoms with Crippen molar-refractivity contribution < 1.29 is 14.1 Å². The fourth-order valence-electron chi connectivity index (χ4n) is 2.55. The van der Waals surface area contributed by atoms with Gasteiger partial charge in [0.2, 0.25) is 0 Å². The second kappa shape index (κ2) is 5.87. The van der Waals surface area contributed by atoms with Crippen molar-refractivity contribution in [3.05, 3.63) is 39.7 Å². The van der Waals surface area contributed by atoms with Gasteiger partial charge in [0.15, 0.2) is 0 Å².